The number of para-hydroxylation sites is 1. The molecule has 21 heavy (non-hydrogen) atoms. The Morgan fingerprint density at radius 2 is 1.71 bits per heavy atom. The van der Waals surface area contributed by atoms with Crippen molar-refractivity contribution in [1.82, 2.24) is 0 Å². The van der Waals surface area contributed by atoms with Gasteiger partial charge in [-0.1, -0.05) is 29.8 Å². The lowest BCUT2D eigenvalue weighted by Gasteiger charge is -2.20. The normalized spacial score (nSPS) is 10.2. The van der Waals surface area contributed by atoms with Crippen LogP contribution in [0.2, 0.25) is 5.02 Å². The van der Waals surface area contributed by atoms with E-state index in [1.807, 2.05) is 0 Å². The molecule has 0 fully saturated rings. The van der Waals surface area contributed by atoms with Crippen LogP contribution in [0.5, 0.6) is 0 Å². The number of amides is 1. The third-order valence-electron chi connectivity index (χ3n) is 2.98. The molecule has 0 aliphatic heterocycles. The molecule has 2 aromatic rings. The summed E-state index contributed by atoms with van der Waals surface area (Å²) >= 11 is 5.78. The summed E-state index contributed by atoms with van der Waals surface area (Å²) in [5, 5.41) is 8.85. The Labute approximate surface area is 125 Å². The number of benzene rings is 2. The average Bonchev–Trinajstić information content (AvgIpc) is 2.48. The second kappa shape index (κ2) is 5.93. The molecule has 0 saturated carbocycles. The topological polar surface area (TPSA) is 57.6 Å². The minimum absolute atomic E-state index is 0.0270. The van der Waals surface area contributed by atoms with Crippen LogP contribution in [-0.2, 0) is 0 Å². The number of nitrogens with zero attached hydrogens (tertiary/aromatic N) is 1. The van der Waals surface area contributed by atoms with Crippen LogP contribution >= 0.6 is 11.6 Å². The monoisotopic (exact) mass is 307 g/mol. The quantitative estimate of drug-likeness (QED) is 0.945. The van der Waals surface area contributed by atoms with Crippen molar-refractivity contribution in [1.29, 1.82) is 0 Å². The van der Waals surface area contributed by atoms with Gasteiger partial charge in [0.05, 0.1) is 21.8 Å². The fraction of sp³-hybridized carbons (Fsp3) is 0.0667. The van der Waals surface area contributed by atoms with Crippen LogP contribution in [0, 0.1) is 5.82 Å². The highest BCUT2D eigenvalue weighted by atomic mass is 35.5. The van der Waals surface area contributed by atoms with Crippen LogP contribution in [0.25, 0.3) is 0 Å². The van der Waals surface area contributed by atoms with E-state index < -0.39 is 17.7 Å². The fourth-order valence-corrected chi connectivity index (χ4v) is 2.11. The predicted molar refractivity (Wildman–Crippen MR) is 77.5 cm³/mol. The van der Waals surface area contributed by atoms with Gasteiger partial charge in [0.15, 0.2) is 0 Å². The summed E-state index contributed by atoms with van der Waals surface area (Å²) in [6.45, 7) is 0. The van der Waals surface area contributed by atoms with E-state index in [9.17, 15) is 14.0 Å². The second-order valence-corrected chi connectivity index (χ2v) is 4.67. The number of carboxylic acids is 1. The van der Waals surface area contributed by atoms with E-state index in [1.165, 1.54) is 31.3 Å². The number of hydrogen-bond acceptors (Lipinski definition) is 2. The van der Waals surface area contributed by atoms with E-state index in [2.05, 4.69) is 0 Å². The van der Waals surface area contributed by atoms with Crippen molar-refractivity contribution in [3.8, 4) is 0 Å². The Balaban J connectivity index is 2.45. The zero-order chi connectivity index (χ0) is 15.6. The maximum absolute atomic E-state index is 13.4. The molecular weight excluding hydrogens is 297 g/mol. The molecule has 0 saturated heterocycles. The summed E-state index contributed by atoms with van der Waals surface area (Å²) in [5.41, 5.74) is 0.149. The molecule has 0 bridgehead atoms. The SMILES string of the molecule is CN(C(=O)c1cccc(F)c1Cl)c1ccccc1C(=O)O. The highest BCUT2D eigenvalue weighted by molar-refractivity contribution is 6.34. The van der Waals surface area contributed by atoms with Gasteiger partial charge in [-0.2, -0.15) is 0 Å². The van der Waals surface area contributed by atoms with Crippen molar-refractivity contribution in [2.75, 3.05) is 11.9 Å². The summed E-state index contributed by atoms with van der Waals surface area (Å²) in [4.78, 5) is 24.7. The first-order valence-electron chi connectivity index (χ1n) is 5.98. The predicted octanol–water partition coefficient (Wildman–Crippen LogP) is 3.45. The number of carbonyl (C=O) groups is 2. The Morgan fingerprint density at radius 1 is 1.10 bits per heavy atom. The molecule has 108 valence electrons. The van der Waals surface area contributed by atoms with Gasteiger partial charge in [-0.05, 0) is 24.3 Å². The first kappa shape index (κ1) is 15.0. The maximum atomic E-state index is 13.4. The second-order valence-electron chi connectivity index (χ2n) is 4.29. The Kier molecular flexibility index (Phi) is 4.23. The van der Waals surface area contributed by atoms with E-state index in [0.717, 1.165) is 11.0 Å². The minimum Gasteiger partial charge on any atom is -0.478 e. The van der Waals surface area contributed by atoms with Gasteiger partial charge in [-0.15, -0.1) is 0 Å². The van der Waals surface area contributed by atoms with Gasteiger partial charge in [-0.3, -0.25) is 4.79 Å². The summed E-state index contributed by atoms with van der Waals surface area (Å²) in [7, 11) is 1.41. The number of carboxylic acid groups (broad SMARTS) is 1. The smallest absolute Gasteiger partial charge is 0.337 e. The summed E-state index contributed by atoms with van der Waals surface area (Å²) in [6, 6.07) is 9.94. The largest absolute Gasteiger partial charge is 0.478 e. The van der Waals surface area contributed by atoms with Crippen molar-refractivity contribution in [3.63, 3.8) is 0 Å². The highest BCUT2D eigenvalue weighted by Gasteiger charge is 2.21. The van der Waals surface area contributed by atoms with E-state index in [-0.39, 0.29) is 21.8 Å². The average molecular weight is 308 g/mol. The molecule has 0 heterocycles. The van der Waals surface area contributed by atoms with Gasteiger partial charge < -0.3 is 10.0 Å². The molecule has 0 spiro atoms. The zero-order valence-electron chi connectivity index (χ0n) is 11.0. The van der Waals surface area contributed by atoms with Gasteiger partial charge in [0.1, 0.15) is 5.82 Å². The Morgan fingerprint density at radius 3 is 2.38 bits per heavy atom. The summed E-state index contributed by atoms with van der Waals surface area (Å²) < 4.78 is 13.4. The van der Waals surface area contributed by atoms with Crippen LogP contribution in [0.1, 0.15) is 20.7 Å². The van der Waals surface area contributed by atoms with Crippen LogP contribution in [0.3, 0.4) is 0 Å². The van der Waals surface area contributed by atoms with Crippen LogP contribution in [0.4, 0.5) is 10.1 Å². The number of aromatic carboxylic acids is 1. The number of anilines is 1. The number of hydrogen-bond donors (Lipinski definition) is 1. The fourth-order valence-electron chi connectivity index (χ4n) is 1.91. The molecule has 0 aliphatic rings. The third-order valence-corrected chi connectivity index (χ3v) is 3.37. The van der Waals surface area contributed by atoms with Crippen LogP contribution < -0.4 is 4.90 Å². The van der Waals surface area contributed by atoms with Crippen molar-refractivity contribution in [3.05, 3.63) is 64.4 Å². The molecule has 0 radical (unpaired) electrons. The van der Waals surface area contributed by atoms with Crippen molar-refractivity contribution in [2.45, 2.75) is 0 Å². The Hall–Kier alpha value is -2.40. The molecule has 0 unspecified atom stereocenters. The first-order chi connectivity index (χ1) is 9.93. The minimum atomic E-state index is -1.16. The maximum Gasteiger partial charge on any atom is 0.337 e. The summed E-state index contributed by atoms with van der Waals surface area (Å²) in [5.74, 6) is -2.45. The molecule has 1 N–H and O–H groups in total. The first-order valence-corrected chi connectivity index (χ1v) is 6.35. The Bertz CT molecular complexity index is 718. The molecule has 2 rings (SSSR count). The van der Waals surface area contributed by atoms with Crippen molar-refractivity contribution >= 4 is 29.2 Å². The highest BCUT2D eigenvalue weighted by Crippen LogP contribution is 2.25. The molecule has 6 heteroatoms. The van der Waals surface area contributed by atoms with E-state index in [0.29, 0.717) is 0 Å². The van der Waals surface area contributed by atoms with Gasteiger partial charge in [-0.25, -0.2) is 9.18 Å². The molecule has 4 nitrogen and oxygen atoms in total. The van der Waals surface area contributed by atoms with Crippen LogP contribution in [-0.4, -0.2) is 24.0 Å². The van der Waals surface area contributed by atoms with E-state index in [1.54, 1.807) is 12.1 Å². The van der Waals surface area contributed by atoms with E-state index in [4.69, 9.17) is 16.7 Å². The summed E-state index contributed by atoms with van der Waals surface area (Å²) in [6.07, 6.45) is 0. The zero-order valence-corrected chi connectivity index (χ0v) is 11.8. The number of halogens is 2. The lowest BCUT2D eigenvalue weighted by atomic mass is 10.1. The van der Waals surface area contributed by atoms with Crippen molar-refractivity contribution < 1.29 is 19.1 Å². The molecule has 0 atom stereocenters. The molecule has 1 amide bonds. The molecule has 0 aliphatic carbocycles. The van der Waals surface area contributed by atoms with Gasteiger partial charge in [0, 0.05) is 7.05 Å². The van der Waals surface area contributed by atoms with Gasteiger partial charge >= 0.3 is 5.97 Å². The van der Waals surface area contributed by atoms with Gasteiger partial charge in [0.25, 0.3) is 5.91 Å². The lowest BCUT2D eigenvalue weighted by molar-refractivity contribution is 0.0697. The van der Waals surface area contributed by atoms with Gasteiger partial charge in [0.2, 0.25) is 0 Å². The molecule has 0 aromatic heterocycles. The number of rotatable bonds is 3. The third kappa shape index (κ3) is 2.87. The molecular formula is C15H11ClFNO3. The van der Waals surface area contributed by atoms with Crippen molar-refractivity contribution in [2.24, 2.45) is 0 Å². The van der Waals surface area contributed by atoms with E-state index >= 15 is 0 Å². The molecule has 2 aromatic carbocycles. The standard InChI is InChI=1S/C15H11ClFNO3/c1-18(12-8-3-2-5-9(12)15(20)21)14(19)10-6-4-7-11(17)13(10)16/h2-8H,1H3,(H,20,21). The number of carbonyl (C=O) groups excluding carboxylic acids is 1. The van der Waals surface area contributed by atoms with Crippen LogP contribution in [0.15, 0.2) is 42.5 Å². The lowest BCUT2D eigenvalue weighted by Crippen LogP contribution is -2.28.